The Morgan fingerprint density at radius 3 is 2.52 bits per heavy atom. The van der Waals surface area contributed by atoms with Crippen molar-refractivity contribution in [1.29, 1.82) is 5.26 Å². The number of nitrogens with zero attached hydrogens (tertiary/aromatic N) is 1. The maximum atomic E-state index is 12.1. The van der Waals surface area contributed by atoms with E-state index in [-0.39, 0.29) is 5.57 Å². The summed E-state index contributed by atoms with van der Waals surface area (Å²) >= 11 is 0. The van der Waals surface area contributed by atoms with E-state index in [0.29, 0.717) is 5.69 Å². The number of methoxy groups -OCH3 is 1. The zero-order valence-electron chi connectivity index (χ0n) is 13.0. The minimum atomic E-state index is -0.459. The molecule has 0 spiro atoms. The Bertz CT molecular complexity index is 759. The molecule has 0 atom stereocenters. The predicted octanol–water partition coefficient (Wildman–Crippen LogP) is 3.46. The van der Waals surface area contributed by atoms with Crippen LogP contribution in [0.15, 0.2) is 60.3 Å². The first kappa shape index (κ1) is 16.1. The molecular formula is C18H17N3O2. The van der Waals surface area contributed by atoms with Gasteiger partial charge in [-0.1, -0.05) is 12.1 Å². The third kappa shape index (κ3) is 4.61. The van der Waals surface area contributed by atoms with Crippen LogP contribution in [0.5, 0.6) is 5.75 Å². The highest BCUT2D eigenvalue weighted by Gasteiger charge is 2.09. The Morgan fingerprint density at radius 1 is 1.17 bits per heavy atom. The molecule has 2 N–H and O–H groups in total. The van der Waals surface area contributed by atoms with Crippen LogP contribution in [0.1, 0.15) is 5.56 Å². The van der Waals surface area contributed by atoms with Gasteiger partial charge in [-0.15, -0.1) is 0 Å². The summed E-state index contributed by atoms with van der Waals surface area (Å²) in [5.41, 5.74) is 2.42. The number of aryl methyl sites for hydroxylation is 1. The fourth-order valence-electron chi connectivity index (χ4n) is 1.91. The van der Waals surface area contributed by atoms with Crippen LogP contribution in [0, 0.1) is 18.3 Å². The van der Waals surface area contributed by atoms with Gasteiger partial charge in [-0.2, -0.15) is 5.26 Å². The first-order chi connectivity index (χ1) is 11.1. The fraction of sp³-hybridized carbons (Fsp3) is 0.111. The van der Waals surface area contributed by atoms with E-state index in [0.717, 1.165) is 17.0 Å². The lowest BCUT2D eigenvalue weighted by Crippen LogP contribution is -2.14. The third-order valence-electron chi connectivity index (χ3n) is 3.11. The van der Waals surface area contributed by atoms with Gasteiger partial charge in [-0.3, -0.25) is 4.79 Å². The largest absolute Gasteiger partial charge is 0.497 e. The molecule has 0 saturated carbocycles. The molecule has 5 heteroatoms. The summed E-state index contributed by atoms with van der Waals surface area (Å²) in [4.78, 5) is 12.1. The second kappa shape index (κ2) is 7.66. The molecule has 1 amide bonds. The number of hydrogen-bond donors (Lipinski definition) is 2. The summed E-state index contributed by atoms with van der Waals surface area (Å²) in [6.45, 7) is 1.93. The molecule has 2 aromatic rings. The van der Waals surface area contributed by atoms with Gasteiger partial charge >= 0.3 is 0 Å². The smallest absolute Gasteiger partial charge is 0.267 e. The molecule has 0 radical (unpaired) electrons. The summed E-state index contributed by atoms with van der Waals surface area (Å²) < 4.78 is 5.07. The van der Waals surface area contributed by atoms with Crippen LogP contribution >= 0.6 is 0 Å². The number of carbonyl (C=O) groups excluding carboxylic acids is 1. The Hall–Kier alpha value is -3.26. The van der Waals surface area contributed by atoms with Crippen LogP contribution in [0.25, 0.3) is 0 Å². The third-order valence-corrected chi connectivity index (χ3v) is 3.11. The Morgan fingerprint density at radius 2 is 1.91 bits per heavy atom. The highest BCUT2D eigenvalue weighted by molar-refractivity contribution is 6.06. The average molecular weight is 307 g/mol. The van der Waals surface area contributed by atoms with Crippen LogP contribution in [0.4, 0.5) is 11.4 Å². The Kier molecular flexibility index (Phi) is 5.37. The summed E-state index contributed by atoms with van der Waals surface area (Å²) in [7, 11) is 1.59. The van der Waals surface area contributed by atoms with E-state index >= 15 is 0 Å². The van der Waals surface area contributed by atoms with Gasteiger partial charge in [0.25, 0.3) is 5.91 Å². The van der Waals surface area contributed by atoms with Crippen LogP contribution in [0.3, 0.4) is 0 Å². The zero-order chi connectivity index (χ0) is 16.7. The maximum absolute atomic E-state index is 12.1. The highest BCUT2D eigenvalue weighted by Crippen LogP contribution is 2.15. The number of anilines is 2. The first-order valence-electron chi connectivity index (χ1n) is 7.01. The number of amides is 1. The molecule has 0 heterocycles. The van der Waals surface area contributed by atoms with E-state index < -0.39 is 5.91 Å². The molecule has 0 unspecified atom stereocenters. The molecule has 23 heavy (non-hydrogen) atoms. The molecule has 0 aliphatic rings. The lowest BCUT2D eigenvalue weighted by molar-refractivity contribution is -0.112. The molecular weight excluding hydrogens is 290 g/mol. The number of nitriles is 1. The topological polar surface area (TPSA) is 74.1 Å². The Labute approximate surface area is 135 Å². The quantitative estimate of drug-likeness (QED) is 0.655. The minimum Gasteiger partial charge on any atom is -0.497 e. The van der Waals surface area contributed by atoms with Crippen molar-refractivity contribution < 1.29 is 9.53 Å². The van der Waals surface area contributed by atoms with E-state index in [1.807, 2.05) is 31.2 Å². The van der Waals surface area contributed by atoms with Gasteiger partial charge in [0, 0.05) is 17.6 Å². The maximum Gasteiger partial charge on any atom is 0.267 e. The molecule has 5 nitrogen and oxygen atoms in total. The molecule has 2 rings (SSSR count). The van der Waals surface area contributed by atoms with Crippen molar-refractivity contribution in [2.24, 2.45) is 0 Å². The summed E-state index contributed by atoms with van der Waals surface area (Å²) in [5.74, 6) is 0.274. The molecule has 0 bridgehead atoms. The zero-order valence-corrected chi connectivity index (χ0v) is 13.0. The summed E-state index contributed by atoms with van der Waals surface area (Å²) in [6, 6.07) is 16.4. The van der Waals surface area contributed by atoms with Crippen molar-refractivity contribution in [2.45, 2.75) is 6.92 Å². The summed E-state index contributed by atoms with van der Waals surface area (Å²) in [6.07, 6.45) is 1.38. The molecule has 116 valence electrons. The number of ether oxygens (including phenoxy) is 1. The van der Waals surface area contributed by atoms with Crippen LogP contribution in [0.2, 0.25) is 0 Å². The average Bonchev–Trinajstić information content (AvgIpc) is 2.56. The van der Waals surface area contributed by atoms with Crippen LogP contribution in [-0.4, -0.2) is 13.0 Å². The SMILES string of the molecule is COc1ccc(N/C=C(/C#N)C(=O)Nc2cccc(C)c2)cc1. The van der Waals surface area contributed by atoms with E-state index in [2.05, 4.69) is 10.6 Å². The van der Waals surface area contributed by atoms with Gasteiger partial charge in [0.2, 0.25) is 0 Å². The Balaban J connectivity index is 2.05. The van der Waals surface area contributed by atoms with Gasteiger partial charge in [0.05, 0.1) is 7.11 Å². The number of nitrogens with one attached hydrogen (secondary N) is 2. The number of carbonyl (C=O) groups is 1. The molecule has 0 saturated heterocycles. The highest BCUT2D eigenvalue weighted by atomic mass is 16.5. The van der Waals surface area contributed by atoms with Crippen molar-refractivity contribution in [3.8, 4) is 11.8 Å². The van der Waals surface area contributed by atoms with Gasteiger partial charge in [-0.25, -0.2) is 0 Å². The second-order valence-electron chi connectivity index (χ2n) is 4.87. The predicted molar refractivity (Wildman–Crippen MR) is 90.1 cm³/mol. The number of rotatable bonds is 5. The van der Waals surface area contributed by atoms with E-state index in [1.165, 1.54) is 6.20 Å². The number of benzene rings is 2. The van der Waals surface area contributed by atoms with E-state index in [1.54, 1.807) is 37.4 Å². The standard InChI is InChI=1S/C18H17N3O2/c1-13-4-3-5-16(10-13)21-18(22)14(11-19)12-20-15-6-8-17(23-2)9-7-15/h3-10,12,20H,1-2H3,(H,21,22)/b14-12-. The summed E-state index contributed by atoms with van der Waals surface area (Å²) in [5, 5.41) is 14.8. The van der Waals surface area contributed by atoms with Crippen molar-refractivity contribution >= 4 is 17.3 Å². The number of hydrogen-bond acceptors (Lipinski definition) is 4. The lowest BCUT2D eigenvalue weighted by Gasteiger charge is -2.06. The van der Waals surface area contributed by atoms with Gasteiger partial charge in [0.1, 0.15) is 17.4 Å². The van der Waals surface area contributed by atoms with Crippen LogP contribution < -0.4 is 15.4 Å². The second-order valence-corrected chi connectivity index (χ2v) is 4.87. The molecule has 0 aliphatic heterocycles. The van der Waals surface area contributed by atoms with Crippen LogP contribution in [-0.2, 0) is 4.79 Å². The van der Waals surface area contributed by atoms with Gasteiger partial charge in [0.15, 0.2) is 0 Å². The monoisotopic (exact) mass is 307 g/mol. The van der Waals surface area contributed by atoms with Crippen molar-refractivity contribution in [3.63, 3.8) is 0 Å². The van der Waals surface area contributed by atoms with Crippen molar-refractivity contribution in [1.82, 2.24) is 0 Å². The molecule has 0 fully saturated rings. The minimum absolute atomic E-state index is 0.0117. The van der Waals surface area contributed by atoms with Gasteiger partial charge in [-0.05, 0) is 48.9 Å². The normalized spacial score (nSPS) is 10.6. The fourth-order valence-corrected chi connectivity index (χ4v) is 1.91. The van der Waals surface area contributed by atoms with Crippen molar-refractivity contribution in [2.75, 3.05) is 17.7 Å². The molecule has 0 aliphatic carbocycles. The molecule has 2 aromatic carbocycles. The van der Waals surface area contributed by atoms with Crippen molar-refractivity contribution in [3.05, 3.63) is 65.9 Å². The van der Waals surface area contributed by atoms with E-state index in [9.17, 15) is 4.79 Å². The van der Waals surface area contributed by atoms with Gasteiger partial charge < -0.3 is 15.4 Å². The first-order valence-corrected chi connectivity index (χ1v) is 7.01. The van der Waals surface area contributed by atoms with E-state index in [4.69, 9.17) is 10.00 Å². The molecule has 0 aromatic heterocycles. The lowest BCUT2D eigenvalue weighted by atomic mass is 10.2.